The average Bonchev–Trinajstić information content (AvgIpc) is 3.17. The zero-order valence-corrected chi connectivity index (χ0v) is 19.3. The van der Waals surface area contributed by atoms with Gasteiger partial charge in [0, 0.05) is 18.0 Å². The van der Waals surface area contributed by atoms with Gasteiger partial charge in [0.25, 0.3) is 5.91 Å². The van der Waals surface area contributed by atoms with E-state index in [2.05, 4.69) is 42.9 Å². The lowest BCUT2D eigenvalue weighted by Crippen LogP contribution is -2.35. The van der Waals surface area contributed by atoms with E-state index in [4.69, 9.17) is 5.73 Å². The van der Waals surface area contributed by atoms with Crippen LogP contribution in [0.1, 0.15) is 59.9 Å². The quantitative estimate of drug-likeness (QED) is 0.583. The number of nitrogens with two attached hydrogens (primary N) is 1. The Morgan fingerprint density at radius 2 is 1.84 bits per heavy atom. The van der Waals surface area contributed by atoms with Crippen molar-refractivity contribution in [1.82, 2.24) is 14.7 Å². The molecule has 0 unspecified atom stereocenters. The molecule has 1 aromatic heterocycles. The standard InChI is InChI=1S/C26H34N4O2/c1-17(2)30-23-9-4-18(3)22(24(23)25(28-30)26(27)32)16-20-11-14-29(15-12-20)13-10-19-5-7-21(31)8-6-19/h4-9,17,20,31H,10-16H2,1-3H3,(H2,27,32). The lowest BCUT2D eigenvalue weighted by molar-refractivity contribution is 0.0996. The van der Waals surface area contributed by atoms with Crippen LogP contribution in [-0.2, 0) is 12.8 Å². The largest absolute Gasteiger partial charge is 0.508 e. The summed E-state index contributed by atoms with van der Waals surface area (Å²) in [7, 11) is 0. The van der Waals surface area contributed by atoms with Crippen LogP contribution in [0.5, 0.6) is 5.75 Å². The zero-order chi connectivity index (χ0) is 22.8. The average molecular weight is 435 g/mol. The second kappa shape index (κ2) is 9.33. The molecule has 0 atom stereocenters. The fourth-order valence-electron chi connectivity index (χ4n) is 4.89. The number of rotatable bonds is 7. The van der Waals surface area contributed by atoms with Gasteiger partial charge < -0.3 is 15.7 Å². The summed E-state index contributed by atoms with van der Waals surface area (Å²) in [6.07, 6.45) is 4.25. The van der Waals surface area contributed by atoms with Crippen LogP contribution in [0.25, 0.3) is 10.9 Å². The van der Waals surface area contributed by atoms with E-state index >= 15 is 0 Å². The monoisotopic (exact) mass is 434 g/mol. The van der Waals surface area contributed by atoms with E-state index in [-0.39, 0.29) is 6.04 Å². The number of hydrogen-bond donors (Lipinski definition) is 2. The lowest BCUT2D eigenvalue weighted by Gasteiger charge is -2.32. The second-order valence-corrected chi connectivity index (χ2v) is 9.41. The number of aryl methyl sites for hydroxylation is 1. The maximum atomic E-state index is 12.2. The molecule has 6 heteroatoms. The number of amides is 1. The van der Waals surface area contributed by atoms with Crippen LogP contribution < -0.4 is 5.73 Å². The van der Waals surface area contributed by atoms with Crippen molar-refractivity contribution in [3.8, 4) is 5.75 Å². The minimum absolute atomic E-state index is 0.165. The zero-order valence-electron chi connectivity index (χ0n) is 19.3. The first-order valence-corrected chi connectivity index (χ1v) is 11.6. The highest BCUT2D eigenvalue weighted by atomic mass is 16.3. The molecule has 1 aliphatic heterocycles. The summed E-state index contributed by atoms with van der Waals surface area (Å²) in [4.78, 5) is 14.7. The maximum absolute atomic E-state index is 12.2. The van der Waals surface area contributed by atoms with E-state index in [9.17, 15) is 9.90 Å². The number of benzene rings is 2. The van der Waals surface area contributed by atoms with Gasteiger partial charge in [0.1, 0.15) is 5.75 Å². The summed E-state index contributed by atoms with van der Waals surface area (Å²) in [6.45, 7) is 9.49. The van der Waals surface area contributed by atoms with Gasteiger partial charge in [-0.05, 0) is 100 Å². The Morgan fingerprint density at radius 1 is 1.16 bits per heavy atom. The van der Waals surface area contributed by atoms with Gasteiger partial charge in [-0.25, -0.2) is 0 Å². The van der Waals surface area contributed by atoms with Gasteiger partial charge in [-0.3, -0.25) is 9.48 Å². The van der Waals surface area contributed by atoms with Gasteiger partial charge in [-0.1, -0.05) is 18.2 Å². The van der Waals surface area contributed by atoms with E-state index in [1.54, 1.807) is 12.1 Å². The normalized spacial score (nSPS) is 15.6. The van der Waals surface area contributed by atoms with E-state index < -0.39 is 5.91 Å². The highest BCUT2D eigenvalue weighted by molar-refractivity contribution is 6.05. The van der Waals surface area contributed by atoms with Gasteiger partial charge >= 0.3 is 0 Å². The molecule has 6 nitrogen and oxygen atoms in total. The molecule has 1 saturated heterocycles. The van der Waals surface area contributed by atoms with Crippen molar-refractivity contribution in [3.63, 3.8) is 0 Å². The molecule has 4 rings (SSSR count). The van der Waals surface area contributed by atoms with Crippen LogP contribution in [0.15, 0.2) is 36.4 Å². The summed E-state index contributed by atoms with van der Waals surface area (Å²) in [5, 5.41) is 15.0. The number of aromatic hydroxyl groups is 1. The fourth-order valence-corrected chi connectivity index (χ4v) is 4.89. The van der Waals surface area contributed by atoms with Gasteiger partial charge in [0.15, 0.2) is 5.69 Å². The van der Waals surface area contributed by atoms with Crippen molar-refractivity contribution >= 4 is 16.8 Å². The summed E-state index contributed by atoms with van der Waals surface area (Å²) in [6, 6.07) is 11.9. The van der Waals surface area contributed by atoms with Crippen molar-refractivity contribution in [3.05, 3.63) is 58.8 Å². The van der Waals surface area contributed by atoms with Gasteiger partial charge in [0.2, 0.25) is 0 Å². The molecule has 2 heterocycles. The fraction of sp³-hybridized carbons (Fsp3) is 0.462. The number of fused-ring (bicyclic) bond motifs is 1. The number of carbonyl (C=O) groups excluding carboxylic acids is 1. The Hall–Kier alpha value is -2.86. The molecule has 0 radical (unpaired) electrons. The molecule has 32 heavy (non-hydrogen) atoms. The summed E-state index contributed by atoms with van der Waals surface area (Å²) >= 11 is 0. The van der Waals surface area contributed by atoms with Crippen molar-refractivity contribution in [2.75, 3.05) is 19.6 Å². The Balaban J connectivity index is 1.45. The van der Waals surface area contributed by atoms with E-state index in [0.29, 0.717) is 17.4 Å². The van der Waals surface area contributed by atoms with Crippen LogP contribution >= 0.6 is 0 Å². The first-order valence-electron chi connectivity index (χ1n) is 11.6. The highest BCUT2D eigenvalue weighted by Gasteiger charge is 2.25. The third-order valence-electron chi connectivity index (χ3n) is 6.79. The molecule has 1 aliphatic rings. The molecule has 1 amide bonds. The number of phenols is 1. The predicted octanol–water partition coefficient (Wildman–Crippen LogP) is 4.23. The molecule has 3 aromatic rings. The Kier molecular flexibility index (Phi) is 6.51. The van der Waals surface area contributed by atoms with Crippen LogP contribution in [0.3, 0.4) is 0 Å². The molecular weight excluding hydrogens is 400 g/mol. The summed E-state index contributed by atoms with van der Waals surface area (Å²) in [5.74, 6) is 0.455. The minimum Gasteiger partial charge on any atom is -0.508 e. The third-order valence-corrected chi connectivity index (χ3v) is 6.79. The molecular formula is C26H34N4O2. The molecule has 0 aliphatic carbocycles. The molecule has 1 fully saturated rings. The SMILES string of the molecule is Cc1ccc2c(c(C(N)=O)nn2C(C)C)c1CC1CCN(CCc2ccc(O)cc2)CC1. The minimum atomic E-state index is -0.453. The Labute approximate surface area is 190 Å². The Morgan fingerprint density at radius 3 is 2.47 bits per heavy atom. The predicted molar refractivity (Wildman–Crippen MR) is 128 cm³/mol. The van der Waals surface area contributed by atoms with E-state index in [0.717, 1.165) is 56.2 Å². The van der Waals surface area contributed by atoms with Gasteiger partial charge in [-0.15, -0.1) is 0 Å². The summed E-state index contributed by atoms with van der Waals surface area (Å²) in [5.41, 5.74) is 10.8. The number of likely N-dealkylation sites (tertiary alicyclic amines) is 1. The smallest absolute Gasteiger partial charge is 0.269 e. The second-order valence-electron chi connectivity index (χ2n) is 9.41. The molecule has 0 spiro atoms. The third kappa shape index (κ3) is 4.65. The van der Waals surface area contributed by atoms with Crippen LogP contribution in [0.4, 0.5) is 0 Å². The van der Waals surface area contributed by atoms with Crippen molar-refractivity contribution in [2.45, 2.75) is 52.5 Å². The van der Waals surface area contributed by atoms with Gasteiger partial charge in [0.05, 0.1) is 5.52 Å². The number of aromatic nitrogens is 2. The molecule has 170 valence electrons. The highest BCUT2D eigenvalue weighted by Crippen LogP contribution is 2.32. The molecule has 0 saturated carbocycles. The van der Waals surface area contributed by atoms with Crippen LogP contribution in [0, 0.1) is 12.8 Å². The number of hydrogen-bond acceptors (Lipinski definition) is 4. The molecule has 2 aromatic carbocycles. The Bertz CT molecular complexity index is 1090. The first-order chi connectivity index (χ1) is 15.3. The molecule has 0 bridgehead atoms. The van der Waals surface area contributed by atoms with E-state index in [1.807, 2.05) is 16.8 Å². The van der Waals surface area contributed by atoms with Crippen molar-refractivity contribution < 1.29 is 9.90 Å². The van der Waals surface area contributed by atoms with Crippen LogP contribution in [0.2, 0.25) is 0 Å². The van der Waals surface area contributed by atoms with E-state index in [1.165, 1.54) is 16.7 Å². The molecule has 3 N–H and O–H groups in total. The van der Waals surface area contributed by atoms with Crippen molar-refractivity contribution in [2.24, 2.45) is 11.7 Å². The van der Waals surface area contributed by atoms with Crippen LogP contribution in [-0.4, -0.2) is 45.3 Å². The number of nitrogens with zero attached hydrogens (tertiary/aromatic N) is 3. The van der Waals surface area contributed by atoms with Crippen molar-refractivity contribution in [1.29, 1.82) is 0 Å². The van der Waals surface area contributed by atoms with Gasteiger partial charge in [-0.2, -0.15) is 5.10 Å². The number of carbonyl (C=O) groups is 1. The first kappa shape index (κ1) is 22.3. The maximum Gasteiger partial charge on any atom is 0.269 e. The topological polar surface area (TPSA) is 84.4 Å². The summed E-state index contributed by atoms with van der Waals surface area (Å²) < 4.78 is 1.92. The lowest BCUT2D eigenvalue weighted by atomic mass is 9.86. The number of piperidine rings is 1. The number of primary amides is 1. The number of phenolic OH excluding ortho intramolecular Hbond substituents is 1.